The van der Waals surface area contributed by atoms with Gasteiger partial charge in [-0.25, -0.2) is 9.59 Å². The molecule has 0 saturated carbocycles. The fraction of sp³-hybridized carbons (Fsp3) is 0.194. The lowest BCUT2D eigenvalue weighted by Crippen LogP contribution is -2.49. The van der Waals surface area contributed by atoms with E-state index in [1.54, 1.807) is 30.5 Å². The molecule has 2 atom stereocenters. The van der Waals surface area contributed by atoms with Gasteiger partial charge in [0.05, 0.1) is 6.54 Å². The second-order valence-corrected chi connectivity index (χ2v) is 10.5. The van der Waals surface area contributed by atoms with Gasteiger partial charge in [0.15, 0.2) is 0 Å². The van der Waals surface area contributed by atoms with E-state index in [-0.39, 0.29) is 31.9 Å². The number of carbonyl (C=O) groups excluding carboxylic acids is 3. The van der Waals surface area contributed by atoms with Gasteiger partial charge >= 0.3 is 12.2 Å². The average molecular weight is 649 g/mol. The molecule has 1 unspecified atom stereocenters. The normalized spacial score (nSPS) is 14.7. The Balaban J connectivity index is 1.26. The van der Waals surface area contributed by atoms with E-state index in [9.17, 15) is 14.4 Å². The van der Waals surface area contributed by atoms with Crippen molar-refractivity contribution in [3.05, 3.63) is 112 Å². The summed E-state index contributed by atoms with van der Waals surface area (Å²) in [6.07, 6.45) is 1.66. The van der Waals surface area contributed by atoms with Crippen molar-refractivity contribution in [2.75, 3.05) is 6.54 Å². The van der Waals surface area contributed by atoms with Gasteiger partial charge in [-0.15, -0.1) is 0 Å². The standard InChI is InChI=1S/C31H29BrN4O7/c32-28-15-24(43-36-28)17-34-29(37)27(35-30(38)40-18-20-7-3-1-4-8-20)13-22-16-33-26-12-11-23(14-25(22)26)42-31(39)41-19-21-9-5-2-6-10-21/h1-12,14-16,24,27,33,36H,13,17-19H2,(H,34,37)(H,35,38)/t24?,27-/m0/s1. The Morgan fingerprint density at radius 2 is 1.63 bits per heavy atom. The van der Waals surface area contributed by atoms with Crippen molar-refractivity contribution in [1.29, 1.82) is 0 Å². The first-order valence-corrected chi connectivity index (χ1v) is 14.2. The molecule has 0 radical (unpaired) electrons. The molecular formula is C31H29BrN4O7. The number of nitrogens with one attached hydrogen (secondary N) is 4. The summed E-state index contributed by atoms with van der Waals surface area (Å²) in [5.41, 5.74) is 5.78. The van der Waals surface area contributed by atoms with Crippen LogP contribution in [0.3, 0.4) is 0 Å². The Bertz CT molecular complexity index is 1590. The van der Waals surface area contributed by atoms with Gasteiger partial charge in [-0.2, -0.15) is 0 Å². The van der Waals surface area contributed by atoms with Crippen molar-refractivity contribution in [2.24, 2.45) is 0 Å². The van der Waals surface area contributed by atoms with Crippen molar-refractivity contribution in [2.45, 2.75) is 31.8 Å². The number of benzene rings is 3. The first kappa shape index (κ1) is 29.7. The number of halogens is 1. The SMILES string of the molecule is O=C(N[C@@H](Cc1c[nH]c2ccc(OC(=O)OCc3ccccc3)cc12)C(=O)NCC1C=C(Br)NO1)OCc1ccccc1. The van der Waals surface area contributed by atoms with Crippen LogP contribution in [-0.4, -0.2) is 41.8 Å². The summed E-state index contributed by atoms with van der Waals surface area (Å²) >= 11 is 3.28. The predicted molar refractivity (Wildman–Crippen MR) is 161 cm³/mol. The number of ether oxygens (including phenoxy) is 3. The topological polar surface area (TPSA) is 140 Å². The number of amides is 2. The van der Waals surface area contributed by atoms with Gasteiger partial charge in [-0.05, 0) is 56.9 Å². The molecule has 1 aliphatic rings. The molecule has 2 amide bonds. The van der Waals surface area contributed by atoms with E-state index in [0.717, 1.165) is 16.6 Å². The number of aromatic nitrogens is 1. The molecule has 1 aliphatic heterocycles. The summed E-state index contributed by atoms with van der Waals surface area (Å²) in [5, 5.41) is 6.20. The third-order valence-electron chi connectivity index (χ3n) is 6.50. The monoisotopic (exact) mass is 648 g/mol. The number of alkyl carbamates (subject to hydrolysis) is 1. The first-order valence-electron chi connectivity index (χ1n) is 13.5. The number of H-pyrrole nitrogens is 1. The number of hydrogen-bond donors (Lipinski definition) is 4. The van der Waals surface area contributed by atoms with Gasteiger partial charge in [0.2, 0.25) is 5.91 Å². The zero-order valence-electron chi connectivity index (χ0n) is 22.9. The molecule has 2 heterocycles. The van der Waals surface area contributed by atoms with Gasteiger partial charge in [0.1, 0.15) is 35.7 Å². The molecular weight excluding hydrogens is 620 g/mol. The molecule has 0 aliphatic carbocycles. The van der Waals surface area contributed by atoms with E-state index < -0.39 is 30.3 Å². The van der Waals surface area contributed by atoms with Gasteiger partial charge < -0.3 is 29.8 Å². The van der Waals surface area contributed by atoms with Crippen LogP contribution in [0.5, 0.6) is 5.75 Å². The van der Waals surface area contributed by atoms with Gasteiger partial charge in [-0.3, -0.25) is 15.1 Å². The zero-order valence-corrected chi connectivity index (χ0v) is 24.5. The molecule has 0 spiro atoms. The number of rotatable bonds is 11. The van der Waals surface area contributed by atoms with Gasteiger partial charge in [0.25, 0.3) is 0 Å². The van der Waals surface area contributed by atoms with Gasteiger partial charge in [0, 0.05) is 23.5 Å². The average Bonchev–Trinajstić information content (AvgIpc) is 3.63. The third kappa shape index (κ3) is 8.60. The highest BCUT2D eigenvalue weighted by atomic mass is 79.9. The lowest BCUT2D eigenvalue weighted by Gasteiger charge is -2.19. The molecule has 0 fully saturated rings. The van der Waals surface area contributed by atoms with Crippen LogP contribution in [-0.2, 0) is 38.7 Å². The smallest absolute Gasteiger partial charge is 0.445 e. The molecule has 1 aromatic heterocycles. The lowest BCUT2D eigenvalue weighted by atomic mass is 10.0. The molecule has 222 valence electrons. The number of fused-ring (bicyclic) bond motifs is 1. The minimum atomic E-state index is -0.982. The van der Waals surface area contributed by atoms with Crippen molar-refractivity contribution in [3.8, 4) is 5.75 Å². The molecule has 3 aromatic carbocycles. The van der Waals surface area contributed by atoms with E-state index in [4.69, 9.17) is 19.0 Å². The quantitative estimate of drug-likeness (QED) is 0.101. The minimum absolute atomic E-state index is 0.0512. The summed E-state index contributed by atoms with van der Waals surface area (Å²) in [5.74, 6) is -0.159. The fourth-order valence-electron chi connectivity index (χ4n) is 4.36. The first-order chi connectivity index (χ1) is 20.9. The molecule has 11 nitrogen and oxygen atoms in total. The van der Waals surface area contributed by atoms with Crippen molar-refractivity contribution < 1.29 is 33.4 Å². The Kier molecular flexibility index (Phi) is 9.93. The maximum Gasteiger partial charge on any atom is 0.514 e. The molecule has 12 heteroatoms. The van der Waals surface area contributed by atoms with Crippen LogP contribution in [0.25, 0.3) is 10.9 Å². The van der Waals surface area contributed by atoms with Crippen LogP contribution in [0.4, 0.5) is 9.59 Å². The Morgan fingerprint density at radius 1 is 0.930 bits per heavy atom. The van der Waals surface area contributed by atoms with Crippen LogP contribution in [0.15, 0.2) is 95.7 Å². The number of aromatic amines is 1. The number of carbonyl (C=O) groups is 3. The molecule has 0 saturated heterocycles. The van der Waals surface area contributed by atoms with Crippen LogP contribution in [0.2, 0.25) is 0 Å². The number of hydroxylamine groups is 1. The second-order valence-electron chi connectivity index (χ2n) is 9.63. The van der Waals surface area contributed by atoms with Crippen molar-refractivity contribution in [1.82, 2.24) is 21.1 Å². The summed E-state index contributed by atoms with van der Waals surface area (Å²) < 4.78 is 16.6. The minimum Gasteiger partial charge on any atom is -0.445 e. The Hall–Kier alpha value is -4.81. The fourth-order valence-corrected chi connectivity index (χ4v) is 4.74. The lowest BCUT2D eigenvalue weighted by molar-refractivity contribution is -0.123. The maximum atomic E-state index is 13.3. The highest BCUT2D eigenvalue weighted by molar-refractivity contribution is 9.11. The summed E-state index contributed by atoms with van der Waals surface area (Å²) in [4.78, 5) is 46.8. The van der Waals surface area contributed by atoms with Crippen LogP contribution in [0, 0.1) is 0 Å². The summed E-state index contributed by atoms with van der Waals surface area (Å²) in [7, 11) is 0. The van der Waals surface area contributed by atoms with E-state index in [1.165, 1.54) is 0 Å². The van der Waals surface area contributed by atoms with Crippen LogP contribution in [0.1, 0.15) is 16.7 Å². The Labute approximate surface area is 255 Å². The zero-order chi connectivity index (χ0) is 30.0. The highest BCUT2D eigenvalue weighted by Crippen LogP contribution is 2.25. The molecule has 43 heavy (non-hydrogen) atoms. The van der Waals surface area contributed by atoms with Crippen molar-refractivity contribution >= 4 is 45.0 Å². The molecule has 4 N–H and O–H groups in total. The summed E-state index contributed by atoms with van der Waals surface area (Å²) in [6.45, 7) is 0.305. The molecule has 0 bridgehead atoms. The molecule has 4 aromatic rings. The van der Waals surface area contributed by atoms with Crippen LogP contribution >= 0.6 is 15.9 Å². The predicted octanol–water partition coefficient (Wildman–Crippen LogP) is 4.98. The van der Waals surface area contributed by atoms with Gasteiger partial charge in [-0.1, -0.05) is 60.7 Å². The Morgan fingerprint density at radius 3 is 2.30 bits per heavy atom. The number of hydrogen-bond acceptors (Lipinski definition) is 8. The van der Waals surface area contributed by atoms with Crippen molar-refractivity contribution in [3.63, 3.8) is 0 Å². The van der Waals surface area contributed by atoms with E-state index in [1.807, 2.05) is 60.7 Å². The van der Waals surface area contributed by atoms with E-state index >= 15 is 0 Å². The third-order valence-corrected chi connectivity index (χ3v) is 6.93. The van der Waals surface area contributed by atoms with E-state index in [2.05, 4.69) is 37.0 Å². The van der Waals surface area contributed by atoms with Crippen LogP contribution < -0.4 is 20.9 Å². The highest BCUT2D eigenvalue weighted by Gasteiger charge is 2.25. The second kappa shape index (κ2) is 14.4. The largest absolute Gasteiger partial charge is 0.514 e. The molecule has 5 rings (SSSR count). The van der Waals surface area contributed by atoms with E-state index in [0.29, 0.717) is 15.6 Å². The maximum absolute atomic E-state index is 13.3. The summed E-state index contributed by atoms with van der Waals surface area (Å²) in [6, 6.07) is 22.6.